The van der Waals surface area contributed by atoms with Crippen molar-refractivity contribution >= 4 is 5.69 Å². The lowest BCUT2D eigenvalue weighted by atomic mass is 10.1. The minimum atomic E-state index is 0.547. The molecule has 1 heterocycles. The van der Waals surface area contributed by atoms with Crippen LogP contribution in [0.4, 0.5) is 5.69 Å². The van der Waals surface area contributed by atoms with E-state index in [9.17, 15) is 0 Å². The van der Waals surface area contributed by atoms with Crippen molar-refractivity contribution in [3.8, 4) is 5.75 Å². The van der Waals surface area contributed by atoms with Gasteiger partial charge in [-0.1, -0.05) is 6.92 Å². The van der Waals surface area contributed by atoms with E-state index in [2.05, 4.69) is 24.4 Å². The van der Waals surface area contributed by atoms with Gasteiger partial charge in [-0.15, -0.1) is 0 Å². The van der Waals surface area contributed by atoms with Gasteiger partial charge in [0.1, 0.15) is 5.75 Å². The molecule has 0 atom stereocenters. The van der Waals surface area contributed by atoms with E-state index in [0.29, 0.717) is 6.04 Å². The SMILES string of the molecule is CCCOc1ccc(NC2CCOCC2)cc1. The van der Waals surface area contributed by atoms with E-state index in [4.69, 9.17) is 9.47 Å². The molecular formula is C14H21NO2. The van der Waals surface area contributed by atoms with Gasteiger partial charge >= 0.3 is 0 Å². The minimum absolute atomic E-state index is 0.547. The summed E-state index contributed by atoms with van der Waals surface area (Å²) < 4.78 is 10.9. The second-order valence-corrected chi connectivity index (χ2v) is 4.40. The molecule has 1 fully saturated rings. The topological polar surface area (TPSA) is 30.5 Å². The maximum Gasteiger partial charge on any atom is 0.119 e. The summed E-state index contributed by atoms with van der Waals surface area (Å²) in [7, 11) is 0. The highest BCUT2D eigenvalue weighted by Gasteiger charge is 2.12. The Hall–Kier alpha value is -1.22. The normalized spacial score (nSPS) is 16.8. The number of hydrogen-bond acceptors (Lipinski definition) is 3. The van der Waals surface area contributed by atoms with Crippen molar-refractivity contribution in [2.45, 2.75) is 32.2 Å². The Bertz CT molecular complexity index is 317. The van der Waals surface area contributed by atoms with E-state index in [1.807, 2.05) is 12.1 Å². The molecule has 0 unspecified atom stereocenters. The second-order valence-electron chi connectivity index (χ2n) is 4.40. The number of benzene rings is 1. The molecule has 94 valence electrons. The molecule has 0 amide bonds. The zero-order valence-corrected chi connectivity index (χ0v) is 10.4. The minimum Gasteiger partial charge on any atom is -0.494 e. The van der Waals surface area contributed by atoms with Crippen molar-refractivity contribution < 1.29 is 9.47 Å². The van der Waals surface area contributed by atoms with Crippen LogP contribution in [0.25, 0.3) is 0 Å². The van der Waals surface area contributed by atoms with Gasteiger partial charge in [0.2, 0.25) is 0 Å². The summed E-state index contributed by atoms with van der Waals surface area (Å²) in [4.78, 5) is 0. The molecule has 2 rings (SSSR count). The van der Waals surface area contributed by atoms with E-state index in [-0.39, 0.29) is 0 Å². The van der Waals surface area contributed by atoms with Gasteiger partial charge in [0.25, 0.3) is 0 Å². The number of anilines is 1. The van der Waals surface area contributed by atoms with Gasteiger partial charge in [-0.3, -0.25) is 0 Å². The second kappa shape index (κ2) is 6.50. The number of rotatable bonds is 5. The van der Waals surface area contributed by atoms with Crippen molar-refractivity contribution in [2.24, 2.45) is 0 Å². The van der Waals surface area contributed by atoms with Crippen molar-refractivity contribution in [3.63, 3.8) is 0 Å². The summed E-state index contributed by atoms with van der Waals surface area (Å²) in [5.41, 5.74) is 1.17. The van der Waals surface area contributed by atoms with Crippen LogP contribution in [0.3, 0.4) is 0 Å². The molecule has 0 saturated carbocycles. The molecule has 17 heavy (non-hydrogen) atoms. The van der Waals surface area contributed by atoms with E-state index in [0.717, 1.165) is 44.8 Å². The first-order chi connectivity index (χ1) is 8.38. The molecule has 0 bridgehead atoms. The predicted molar refractivity (Wildman–Crippen MR) is 69.7 cm³/mol. The molecule has 0 aromatic heterocycles. The fraction of sp³-hybridized carbons (Fsp3) is 0.571. The average molecular weight is 235 g/mol. The third-order valence-corrected chi connectivity index (χ3v) is 2.92. The number of nitrogens with one attached hydrogen (secondary N) is 1. The van der Waals surface area contributed by atoms with E-state index < -0.39 is 0 Å². The van der Waals surface area contributed by atoms with Crippen LogP contribution in [-0.2, 0) is 4.74 Å². The predicted octanol–water partition coefficient (Wildman–Crippen LogP) is 3.07. The smallest absolute Gasteiger partial charge is 0.119 e. The van der Waals surface area contributed by atoms with Crippen LogP contribution in [0.1, 0.15) is 26.2 Å². The summed E-state index contributed by atoms with van der Waals surface area (Å²) in [6.45, 7) is 4.64. The maximum atomic E-state index is 5.55. The highest BCUT2D eigenvalue weighted by Crippen LogP contribution is 2.19. The van der Waals surface area contributed by atoms with Crippen LogP contribution in [0.5, 0.6) is 5.75 Å². The summed E-state index contributed by atoms with van der Waals surface area (Å²) >= 11 is 0. The monoisotopic (exact) mass is 235 g/mol. The molecule has 1 aliphatic heterocycles. The summed E-state index contributed by atoms with van der Waals surface area (Å²) in [5, 5.41) is 3.53. The van der Waals surface area contributed by atoms with Crippen LogP contribution in [0.2, 0.25) is 0 Å². The third kappa shape index (κ3) is 3.93. The zero-order chi connectivity index (χ0) is 11.9. The van der Waals surface area contributed by atoms with Crippen LogP contribution in [0.15, 0.2) is 24.3 Å². The van der Waals surface area contributed by atoms with Crippen LogP contribution in [0, 0.1) is 0 Å². The quantitative estimate of drug-likeness (QED) is 0.850. The fourth-order valence-corrected chi connectivity index (χ4v) is 1.94. The molecule has 3 heteroatoms. The van der Waals surface area contributed by atoms with Crippen molar-refractivity contribution in [1.82, 2.24) is 0 Å². The third-order valence-electron chi connectivity index (χ3n) is 2.92. The standard InChI is InChI=1S/C14H21NO2/c1-2-9-17-14-5-3-12(4-6-14)15-13-7-10-16-11-8-13/h3-6,13,15H,2,7-11H2,1H3. The first-order valence-electron chi connectivity index (χ1n) is 6.45. The molecule has 3 nitrogen and oxygen atoms in total. The first kappa shape index (κ1) is 12.2. The van der Waals surface area contributed by atoms with Crippen molar-refractivity contribution in [2.75, 3.05) is 25.1 Å². The van der Waals surface area contributed by atoms with Crippen molar-refractivity contribution in [1.29, 1.82) is 0 Å². The van der Waals surface area contributed by atoms with Gasteiger partial charge in [0, 0.05) is 24.9 Å². The van der Waals surface area contributed by atoms with Gasteiger partial charge in [-0.05, 0) is 43.5 Å². The fourth-order valence-electron chi connectivity index (χ4n) is 1.94. The average Bonchev–Trinajstić information content (AvgIpc) is 2.39. The van der Waals surface area contributed by atoms with Gasteiger partial charge in [-0.2, -0.15) is 0 Å². The Morgan fingerprint density at radius 2 is 1.94 bits per heavy atom. The first-order valence-corrected chi connectivity index (χ1v) is 6.45. The Balaban J connectivity index is 1.84. The molecule has 1 aromatic carbocycles. The Morgan fingerprint density at radius 3 is 2.59 bits per heavy atom. The maximum absolute atomic E-state index is 5.55. The number of ether oxygens (including phenoxy) is 2. The van der Waals surface area contributed by atoms with Gasteiger partial charge in [0.05, 0.1) is 6.61 Å². The Morgan fingerprint density at radius 1 is 1.24 bits per heavy atom. The van der Waals surface area contributed by atoms with Crippen LogP contribution < -0.4 is 10.1 Å². The largest absolute Gasteiger partial charge is 0.494 e. The molecule has 1 saturated heterocycles. The molecule has 0 radical (unpaired) electrons. The van der Waals surface area contributed by atoms with Gasteiger partial charge < -0.3 is 14.8 Å². The van der Waals surface area contributed by atoms with E-state index >= 15 is 0 Å². The molecular weight excluding hydrogens is 214 g/mol. The Labute approximate surface area is 103 Å². The number of hydrogen-bond donors (Lipinski definition) is 1. The van der Waals surface area contributed by atoms with E-state index in [1.54, 1.807) is 0 Å². The molecule has 1 N–H and O–H groups in total. The summed E-state index contributed by atoms with van der Waals surface area (Å²) in [5.74, 6) is 0.948. The summed E-state index contributed by atoms with van der Waals surface area (Å²) in [6.07, 6.45) is 3.23. The highest BCUT2D eigenvalue weighted by molar-refractivity contribution is 5.47. The molecule has 0 spiro atoms. The Kier molecular flexibility index (Phi) is 4.68. The van der Waals surface area contributed by atoms with Crippen molar-refractivity contribution in [3.05, 3.63) is 24.3 Å². The highest BCUT2D eigenvalue weighted by atomic mass is 16.5. The molecule has 1 aliphatic rings. The van der Waals surface area contributed by atoms with Gasteiger partial charge in [-0.25, -0.2) is 0 Å². The molecule has 1 aromatic rings. The summed E-state index contributed by atoms with van der Waals surface area (Å²) in [6, 6.07) is 8.77. The zero-order valence-electron chi connectivity index (χ0n) is 10.4. The molecule has 0 aliphatic carbocycles. The van der Waals surface area contributed by atoms with Crippen LogP contribution >= 0.6 is 0 Å². The lowest BCUT2D eigenvalue weighted by Crippen LogP contribution is -2.27. The van der Waals surface area contributed by atoms with E-state index in [1.165, 1.54) is 5.69 Å². The van der Waals surface area contributed by atoms with Gasteiger partial charge in [0.15, 0.2) is 0 Å². The van der Waals surface area contributed by atoms with Crippen LogP contribution in [-0.4, -0.2) is 25.9 Å². The lowest BCUT2D eigenvalue weighted by Gasteiger charge is -2.24. The lowest BCUT2D eigenvalue weighted by molar-refractivity contribution is 0.0904.